The number of thioether (sulfide) groups is 1. The van der Waals surface area contributed by atoms with Crippen LogP contribution in [0.2, 0.25) is 0 Å². The highest BCUT2D eigenvalue weighted by Gasteiger charge is 2.27. The predicted molar refractivity (Wildman–Crippen MR) is 134 cm³/mol. The van der Waals surface area contributed by atoms with Crippen LogP contribution in [-0.4, -0.2) is 36.8 Å². The Morgan fingerprint density at radius 1 is 1.11 bits per heavy atom. The zero-order valence-corrected chi connectivity index (χ0v) is 20.8. The van der Waals surface area contributed by atoms with E-state index in [1.807, 2.05) is 26.8 Å². The van der Waals surface area contributed by atoms with E-state index in [4.69, 9.17) is 0 Å². The van der Waals surface area contributed by atoms with Crippen LogP contribution in [0.3, 0.4) is 0 Å². The van der Waals surface area contributed by atoms with Crippen LogP contribution < -0.4 is 10.6 Å². The number of non-ortho nitro benzene ring substituents is 1. The highest BCUT2D eigenvalue weighted by Crippen LogP contribution is 2.29. The molecule has 0 saturated carbocycles. The number of carbonyl (C=O) groups is 2. The second kappa shape index (κ2) is 11.6. The third-order valence-electron chi connectivity index (χ3n) is 5.37. The second-order valence-corrected chi connectivity index (χ2v) is 9.44. The minimum absolute atomic E-state index is 0.0440. The summed E-state index contributed by atoms with van der Waals surface area (Å²) in [5.74, 6) is 0.132. The molecule has 1 heterocycles. The summed E-state index contributed by atoms with van der Waals surface area (Å²) in [6.45, 7) is 5.84. The molecule has 0 aliphatic carbocycles. The Bertz CT molecular complexity index is 1200. The van der Waals surface area contributed by atoms with Crippen molar-refractivity contribution in [2.75, 3.05) is 5.32 Å². The van der Waals surface area contributed by atoms with Crippen molar-refractivity contribution in [3.05, 3.63) is 76.1 Å². The number of nitrogens with zero attached hydrogens (tertiary/aromatic N) is 4. The van der Waals surface area contributed by atoms with Gasteiger partial charge in [0.15, 0.2) is 11.0 Å². The van der Waals surface area contributed by atoms with E-state index in [2.05, 4.69) is 20.8 Å². The molecule has 0 radical (unpaired) electrons. The van der Waals surface area contributed by atoms with Gasteiger partial charge in [0, 0.05) is 30.4 Å². The monoisotopic (exact) mass is 496 g/mol. The third kappa shape index (κ3) is 6.44. The fourth-order valence-corrected chi connectivity index (χ4v) is 4.34. The van der Waals surface area contributed by atoms with Gasteiger partial charge in [-0.15, -0.1) is 10.2 Å². The molecular weight excluding hydrogens is 468 g/mol. The van der Waals surface area contributed by atoms with Crippen molar-refractivity contribution < 1.29 is 14.5 Å². The van der Waals surface area contributed by atoms with Gasteiger partial charge in [0.2, 0.25) is 5.91 Å². The summed E-state index contributed by atoms with van der Waals surface area (Å²) < 4.78 is 1.78. The molecule has 0 unspecified atom stereocenters. The first-order valence-electron chi connectivity index (χ1n) is 11.2. The van der Waals surface area contributed by atoms with E-state index in [-0.39, 0.29) is 29.5 Å². The van der Waals surface area contributed by atoms with Crippen LogP contribution in [0, 0.1) is 16.0 Å². The van der Waals surface area contributed by atoms with Crippen molar-refractivity contribution in [3.63, 3.8) is 0 Å². The first-order valence-corrected chi connectivity index (χ1v) is 12.1. The van der Waals surface area contributed by atoms with Crippen molar-refractivity contribution >= 4 is 35.0 Å². The summed E-state index contributed by atoms with van der Waals surface area (Å²) in [7, 11) is 1.80. The Kier molecular flexibility index (Phi) is 8.58. The first kappa shape index (κ1) is 25.9. The molecule has 0 fully saturated rings. The maximum atomic E-state index is 12.9. The van der Waals surface area contributed by atoms with Gasteiger partial charge >= 0.3 is 0 Å². The second-order valence-electron chi connectivity index (χ2n) is 8.27. The predicted octanol–water partition coefficient (Wildman–Crippen LogP) is 4.36. The van der Waals surface area contributed by atoms with Crippen molar-refractivity contribution in [2.45, 2.75) is 43.6 Å². The van der Waals surface area contributed by atoms with E-state index in [9.17, 15) is 19.7 Å². The standard InChI is InChI=1S/C24H28N6O4S/c1-5-19(23(32)25-17-12-9-13-18(14-17)30(33)34)35-24-28-27-21(29(24)4)20(15(2)3)26-22(31)16-10-7-6-8-11-16/h6-15,19-20H,5H2,1-4H3,(H,25,32)(H,26,31)/t19-,20-/m0/s1. The number of rotatable bonds is 10. The zero-order chi connectivity index (χ0) is 25.5. The van der Waals surface area contributed by atoms with Gasteiger partial charge in [-0.25, -0.2) is 0 Å². The van der Waals surface area contributed by atoms with E-state index in [0.29, 0.717) is 28.7 Å². The number of hydrogen-bond acceptors (Lipinski definition) is 7. The molecule has 184 valence electrons. The molecule has 10 nitrogen and oxygen atoms in total. The van der Waals surface area contributed by atoms with Gasteiger partial charge in [0.1, 0.15) is 0 Å². The van der Waals surface area contributed by atoms with E-state index >= 15 is 0 Å². The molecule has 0 spiro atoms. The highest BCUT2D eigenvalue weighted by atomic mass is 32.2. The van der Waals surface area contributed by atoms with Crippen LogP contribution in [0.15, 0.2) is 59.8 Å². The topological polar surface area (TPSA) is 132 Å². The SMILES string of the molecule is CC[C@H](Sc1nnc([C@@H](NC(=O)c2ccccc2)C(C)C)n1C)C(=O)Nc1cccc([N+](=O)[O-])c1. The largest absolute Gasteiger partial charge is 0.342 e. The maximum Gasteiger partial charge on any atom is 0.271 e. The minimum Gasteiger partial charge on any atom is -0.342 e. The van der Waals surface area contributed by atoms with Crippen molar-refractivity contribution in [3.8, 4) is 0 Å². The number of nitrogens with one attached hydrogen (secondary N) is 2. The molecule has 11 heteroatoms. The van der Waals surface area contributed by atoms with Crippen LogP contribution in [0.5, 0.6) is 0 Å². The number of carbonyl (C=O) groups excluding carboxylic acids is 2. The molecule has 35 heavy (non-hydrogen) atoms. The summed E-state index contributed by atoms with van der Waals surface area (Å²) in [6.07, 6.45) is 0.506. The van der Waals surface area contributed by atoms with Crippen LogP contribution in [0.4, 0.5) is 11.4 Å². The number of nitro benzene ring substituents is 1. The summed E-state index contributed by atoms with van der Waals surface area (Å²) in [6, 6.07) is 14.4. The lowest BCUT2D eigenvalue weighted by Crippen LogP contribution is -2.33. The van der Waals surface area contributed by atoms with Gasteiger partial charge < -0.3 is 15.2 Å². The summed E-state index contributed by atoms with van der Waals surface area (Å²) in [5, 5.41) is 25.4. The van der Waals surface area contributed by atoms with Crippen molar-refractivity contribution in [2.24, 2.45) is 13.0 Å². The normalized spacial score (nSPS) is 12.7. The van der Waals surface area contributed by atoms with Crippen molar-refractivity contribution in [1.29, 1.82) is 0 Å². The molecule has 1 aromatic heterocycles. The molecule has 2 aromatic carbocycles. The number of anilines is 1. The number of aromatic nitrogens is 3. The molecule has 0 bridgehead atoms. The Labute approximate surface area is 207 Å². The number of nitro groups is 1. The van der Waals surface area contributed by atoms with E-state index in [0.717, 1.165) is 0 Å². The number of amides is 2. The maximum absolute atomic E-state index is 12.9. The molecule has 0 saturated heterocycles. The summed E-state index contributed by atoms with van der Waals surface area (Å²) >= 11 is 1.25. The zero-order valence-electron chi connectivity index (χ0n) is 20.0. The van der Waals surface area contributed by atoms with Crippen LogP contribution in [0.25, 0.3) is 0 Å². The van der Waals surface area contributed by atoms with Gasteiger partial charge in [-0.2, -0.15) is 0 Å². The van der Waals surface area contributed by atoms with Crippen molar-refractivity contribution in [1.82, 2.24) is 20.1 Å². The summed E-state index contributed by atoms with van der Waals surface area (Å²) in [4.78, 5) is 36.1. The molecule has 2 atom stereocenters. The lowest BCUT2D eigenvalue weighted by atomic mass is 10.0. The van der Waals surface area contributed by atoms with E-state index < -0.39 is 10.2 Å². The third-order valence-corrected chi connectivity index (χ3v) is 6.77. The molecule has 0 aliphatic rings. The molecular formula is C24H28N6O4S. The lowest BCUT2D eigenvalue weighted by molar-refractivity contribution is -0.384. The average molecular weight is 497 g/mol. The lowest BCUT2D eigenvalue weighted by Gasteiger charge is -2.22. The van der Waals surface area contributed by atoms with Gasteiger partial charge in [0.25, 0.3) is 11.6 Å². The number of hydrogen-bond donors (Lipinski definition) is 2. The number of benzene rings is 2. The Morgan fingerprint density at radius 3 is 2.46 bits per heavy atom. The fraction of sp³-hybridized carbons (Fsp3) is 0.333. The highest BCUT2D eigenvalue weighted by molar-refractivity contribution is 8.00. The molecule has 2 N–H and O–H groups in total. The van der Waals surface area contributed by atoms with Crippen LogP contribution in [-0.2, 0) is 11.8 Å². The Hall–Kier alpha value is -3.73. The Morgan fingerprint density at radius 2 is 1.83 bits per heavy atom. The van der Waals surface area contributed by atoms with Gasteiger partial charge in [0.05, 0.1) is 16.2 Å². The molecule has 3 rings (SSSR count). The van der Waals surface area contributed by atoms with Gasteiger partial charge in [-0.05, 0) is 30.5 Å². The van der Waals surface area contributed by atoms with E-state index in [1.54, 1.807) is 41.9 Å². The molecule has 2 amide bonds. The average Bonchev–Trinajstić information content (AvgIpc) is 3.20. The van der Waals surface area contributed by atoms with Gasteiger partial charge in [-0.1, -0.05) is 56.8 Å². The fourth-order valence-electron chi connectivity index (χ4n) is 3.41. The summed E-state index contributed by atoms with van der Waals surface area (Å²) in [5.41, 5.74) is 0.808. The molecule has 3 aromatic rings. The van der Waals surface area contributed by atoms with E-state index in [1.165, 1.54) is 30.0 Å². The van der Waals surface area contributed by atoms with Crippen LogP contribution >= 0.6 is 11.8 Å². The van der Waals surface area contributed by atoms with Crippen LogP contribution in [0.1, 0.15) is 49.4 Å². The first-order chi connectivity index (χ1) is 16.7. The minimum atomic E-state index is -0.509. The van der Waals surface area contributed by atoms with Gasteiger partial charge in [-0.3, -0.25) is 19.7 Å². The quantitative estimate of drug-likeness (QED) is 0.242. The Balaban J connectivity index is 1.74. The smallest absolute Gasteiger partial charge is 0.271 e. The molecule has 0 aliphatic heterocycles.